The first-order valence-electron chi connectivity index (χ1n) is 7.31. The van der Waals surface area contributed by atoms with Gasteiger partial charge in [-0.05, 0) is 42.0 Å². The van der Waals surface area contributed by atoms with Crippen LogP contribution in [0.1, 0.15) is 5.56 Å². The summed E-state index contributed by atoms with van der Waals surface area (Å²) in [4.78, 5) is 12.8. The topological polar surface area (TPSA) is 50.4 Å². The third-order valence-electron chi connectivity index (χ3n) is 3.14. The van der Waals surface area contributed by atoms with E-state index in [0.717, 1.165) is 10.6 Å². The van der Waals surface area contributed by atoms with Gasteiger partial charge in [-0.15, -0.1) is 11.8 Å². The van der Waals surface area contributed by atoms with Gasteiger partial charge in [0.05, 0.1) is 7.11 Å². The first-order valence-corrected chi connectivity index (χ1v) is 8.67. The van der Waals surface area contributed by atoms with Crippen LogP contribution in [0, 0.1) is 5.82 Å². The van der Waals surface area contributed by atoms with Gasteiger partial charge in [-0.25, -0.2) is 9.18 Å². The molecule has 0 fully saturated rings. The van der Waals surface area contributed by atoms with Crippen molar-refractivity contribution in [3.05, 3.63) is 58.9 Å². The number of ether oxygens (including phenoxy) is 1. The number of halogens is 2. The first kappa shape index (κ1) is 18.4. The van der Waals surface area contributed by atoms with E-state index in [1.807, 2.05) is 24.3 Å². The van der Waals surface area contributed by atoms with E-state index >= 15 is 0 Å². The smallest absolute Gasteiger partial charge is 0.315 e. The lowest BCUT2D eigenvalue weighted by molar-refractivity contribution is 0.241. The first-order chi connectivity index (χ1) is 11.6. The maximum atomic E-state index is 13.5. The lowest BCUT2D eigenvalue weighted by atomic mass is 10.2. The number of benzene rings is 2. The molecule has 0 unspecified atom stereocenters. The molecule has 0 aliphatic heterocycles. The Morgan fingerprint density at radius 3 is 2.62 bits per heavy atom. The summed E-state index contributed by atoms with van der Waals surface area (Å²) in [5.74, 6) is 0.477. The number of amides is 2. The molecule has 2 aromatic carbocycles. The van der Waals surface area contributed by atoms with E-state index in [9.17, 15) is 9.18 Å². The lowest BCUT2D eigenvalue weighted by Gasteiger charge is -2.09. The van der Waals surface area contributed by atoms with E-state index in [4.69, 9.17) is 16.3 Å². The predicted molar refractivity (Wildman–Crippen MR) is 95.4 cm³/mol. The number of nitrogens with one attached hydrogen (secondary N) is 2. The Balaban J connectivity index is 1.66. The molecule has 0 aliphatic rings. The normalized spacial score (nSPS) is 10.3. The van der Waals surface area contributed by atoms with Crippen molar-refractivity contribution in [1.29, 1.82) is 0 Å². The van der Waals surface area contributed by atoms with Gasteiger partial charge in [0.1, 0.15) is 0 Å². The molecule has 0 bridgehead atoms. The molecule has 0 radical (unpaired) electrons. The summed E-state index contributed by atoms with van der Waals surface area (Å²) in [5.41, 5.74) is 0.666. The van der Waals surface area contributed by atoms with Gasteiger partial charge in [-0.2, -0.15) is 0 Å². The summed E-state index contributed by atoms with van der Waals surface area (Å²) < 4.78 is 18.4. The summed E-state index contributed by atoms with van der Waals surface area (Å²) in [7, 11) is 1.41. The standard InChI is InChI=1S/C17H18ClFN2O2S/c1-23-16-7-2-12(10-15(16)19)11-21-17(22)20-8-9-24-14-5-3-13(18)4-6-14/h2-7,10H,8-9,11H2,1H3,(H2,20,21,22). The van der Waals surface area contributed by atoms with Crippen LogP contribution in [0.15, 0.2) is 47.4 Å². The van der Waals surface area contributed by atoms with Crippen molar-refractivity contribution in [1.82, 2.24) is 10.6 Å². The van der Waals surface area contributed by atoms with Crippen LogP contribution in [0.5, 0.6) is 5.75 Å². The third kappa shape index (κ3) is 5.94. The Hall–Kier alpha value is -1.92. The van der Waals surface area contributed by atoms with Crippen molar-refractivity contribution < 1.29 is 13.9 Å². The zero-order chi connectivity index (χ0) is 17.4. The molecule has 0 aromatic heterocycles. The molecule has 24 heavy (non-hydrogen) atoms. The highest BCUT2D eigenvalue weighted by Crippen LogP contribution is 2.19. The van der Waals surface area contributed by atoms with Gasteiger partial charge >= 0.3 is 6.03 Å². The number of carbonyl (C=O) groups is 1. The third-order valence-corrected chi connectivity index (χ3v) is 4.40. The Morgan fingerprint density at radius 1 is 1.21 bits per heavy atom. The van der Waals surface area contributed by atoms with Gasteiger partial charge in [0.2, 0.25) is 0 Å². The Kier molecular flexibility index (Phi) is 7.21. The maximum absolute atomic E-state index is 13.5. The zero-order valence-electron chi connectivity index (χ0n) is 13.1. The van der Waals surface area contributed by atoms with Crippen molar-refractivity contribution in [2.24, 2.45) is 0 Å². The summed E-state index contributed by atoms with van der Waals surface area (Å²) in [6.45, 7) is 0.771. The van der Waals surface area contributed by atoms with Crippen LogP contribution in [0.3, 0.4) is 0 Å². The molecule has 7 heteroatoms. The molecule has 0 heterocycles. The highest BCUT2D eigenvalue weighted by atomic mass is 35.5. The van der Waals surface area contributed by atoms with Crippen LogP contribution in [0.4, 0.5) is 9.18 Å². The number of methoxy groups -OCH3 is 1. The number of urea groups is 1. The average Bonchev–Trinajstić information content (AvgIpc) is 2.58. The Morgan fingerprint density at radius 2 is 1.96 bits per heavy atom. The minimum atomic E-state index is -0.448. The highest BCUT2D eigenvalue weighted by Gasteiger charge is 2.05. The molecule has 0 spiro atoms. The highest BCUT2D eigenvalue weighted by molar-refractivity contribution is 7.99. The van der Waals surface area contributed by atoms with E-state index in [-0.39, 0.29) is 18.3 Å². The van der Waals surface area contributed by atoms with Gasteiger partial charge < -0.3 is 15.4 Å². The molecule has 4 nitrogen and oxygen atoms in total. The van der Waals surface area contributed by atoms with E-state index in [2.05, 4.69) is 10.6 Å². The second kappa shape index (κ2) is 9.39. The lowest BCUT2D eigenvalue weighted by Crippen LogP contribution is -2.36. The van der Waals surface area contributed by atoms with Crippen LogP contribution in [-0.2, 0) is 6.54 Å². The van der Waals surface area contributed by atoms with Crippen molar-refractivity contribution >= 4 is 29.4 Å². The van der Waals surface area contributed by atoms with Crippen LogP contribution >= 0.6 is 23.4 Å². The average molecular weight is 369 g/mol. The van der Waals surface area contributed by atoms with Gasteiger partial charge in [0.25, 0.3) is 0 Å². The monoisotopic (exact) mass is 368 g/mol. The molecule has 2 N–H and O–H groups in total. The number of carbonyl (C=O) groups excluding carboxylic acids is 1. The molecule has 0 atom stereocenters. The number of hydrogen-bond donors (Lipinski definition) is 2. The van der Waals surface area contributed by atoms with Gasteiger partial charge in [0, 0.05) is 28.8 Å². The molecule has 0 aliphatic carbocycles. The summed E-state index contributed by atoms with van der Waals surface area (Å²) in [5, 5.41) is 6.14. The molecular formula is C17H18ClFN2O2S. The minimum absolute atomic E-state index is 0.183. The number of hydrogen-bond acceptors (Lipinski definition) is 3. The van der Waals surface area contributed by atoms with E-state index in [0.29, 0.717) is 17.1 Å². The Bertz CT molecular complexity index is 683. The van der Waals surface area contributed by atoms with E-state index < -0.39 is 5.82 Å². The quantitative estimate of drug-likeness (QED) is 0.572. The fraction of sp³-hybridized carbons (Fsp3) is 0.235. The minimum Gasteiger partial charge on any atom is -0.494 e. The SMILES string of the molecule is COc1ccc(CNC(=O)NCCSc2ccc(Cl)cc2)cc1F. The largest absolute Gasteiger partial charge is 0.494 e. The fourth-order valence-corrected chi connectivity index (χ4v) is 2.82. The summed E-state index contributed by atoms with van der Waals surface area (Å²) in [6, 6.07) is 11.8. The van der Waals surface area contributed by atoms with Crippen LogP contribution in [0.2, 0.25) is 5.02 Å². The number of thioether (sulfide) groups is 1. The molecule has 0 saturated heterocycles. The van der Waals surface area contributed by atoms with Gasteiger partial charge in [0.15, 0.2) is 11.6 Å². The van der Waals surface area contributed by atoms with Crippen LogP contribution in [0.25, 0.3) is 0 Å². The maximum Gasteiger partial charge on any atom is 0.315 e. The summed E-state index contributed by atoms with van der Waals surface area (Å²) >= 11 is 7.45. The number of rotatable bonds is 7. The van der Waals surface area contributed by atoms with Crippen molar-refractivity contribution in [2.45, 2.75) is 11.4 Å². The van der Waals surface area contributed by atoms with Crippen LogP contribution < -0.4 is 15.4 Å². The Labute approximate surface area is 149 Å². The van der Waals surface area contributed by atoms with Gasteiger partial charge in [-0.1, -0.05) is 17.7 Å². The summed E-state index contributed by atoms with van der Waals surface area (Å²) in [6.07, 6.45) is 0. The fourth-order valence-electron chi connectivity index (χ4n) is 1.93. The van der Waals surface area contributed by atoms with Crippen molar-refractivity contribution in [3.8, 4) is 5.75 Å². The molecule has 128 valence electrons. The molecule has 0 saturated carbocycles. The molecule has 2 aromatic rings. The molecular weight excluding hydrogens is 351 g/mol. The van der Waals surface area contributed by atoms with Crippen molar-refractivity contribution in [2.75, 3.05) is 19.4 Å². The van der Waals surface area contributed by atoms with E-state index in [1.54, 1.807) is 17.8 Å². The van der Waals surface area contributed by atoms with Gasteiger partial charge in [-0.3, -0.25) is 0 Å². The van der Waals surface area contributed by atoms with Crippen LogP contribution in [-0.4, -0.2) is 25.4 Å². The second-order valence-corrected chi connectivity index (χ2v) is 6.49. The second-order valence-electron chi connectivity index (χ2n) is 4.88. The molecule has 2 rings (SSSR count). The van der Waals surface area contributed by atoms with E-state index in [1.165, 1.54) is 19.2 Å². The van der Waals surface area contributed by atoms with Crippen molar-refractivity contribution in [3.63, 3.8) is 0 Å². The zero-order valence-corrected chi connectivity index (χ0v) is 14.7. The predicted octanol–water partition coefficient (Wildman–Crippen LogP) is 4.08. The molecule has 2 amide bonds.